The van der Waals surface area contributed by atoms with Gasteiger partial charge in [-0.15, -0.1) is 0 Å². The fourth-order valence-electron chi connectivity index (χ4n) is 3.19. The molecule has 28 heavy (non-hydrogen) atoms. The average Bonchev–Trinajstić information content (AvgIpc) is 3.15. The van der Waals surface area contributed by atoms with E-state index in [9.17, 15) is 0 Å². The Hall–Kier alpha value is -1.83. The SMILES string of the molecule is CN=C(NCc1ccccc1OCCN(C)C)N1CCC(COCCOC)C1. The number of nitrogens with one attached hydrogen (secondary N) is 1. The molecule has 158 valence electrons. The van der Waals surface area contributed by atoms with Crippen LogP contribution in [0.1, 0.15) is 12.0 Å². The minimum Gasteiger partial charge on any atom is -0.492 e. The molecule has 1 heterocycles. The van der Waals surface area contributed by atoms with Crippen LogP contribution in [0.25, 0.3) is 0 Å². The van der Waals surface area contributed by atoms with E-state index < -0.39 is 0 Å². The van der Waals surface area contributed by atoms with E-state index >= 15 is 0 Å². The van der Waals surface area contributed by atoms with Gasteiger partial charge < -0.3 is 29.3 Å². The molecule has 1 saturated heterocycles. The Kier molecular flexibility index (Phi) is 10.1. The first-order valence-electron chi connectivity index (χ1n) is 10.0. The second-order valence-electron chi connectivity index (χ2n) is 7.33. The summed E-state index contributed by atoms with van der Waals surface area (Å²) in [6.07, 6.45) is 1.12. The van der Waals surface area contributed by atoms with Crippen LogP contribution in [0.15, 0.2) is 29.3 Å². The van der Waals surface area contributed by atoms with Crippen molar-refractivity contribution in [2.75, 3.05) is 74.3 Å². The number of nitrogens with zero attached hydrogens (tertiary/aromatic N) is 3. The number of aliphatic imine (C=N–C) groups is 1. The normalized spacial score (nSPS) is 17.4. The summed E-state index contributed by atoms with van der Waals surface area (Å²) in [6.45, 7) is 6.31. The van der Waals surface area contributed by atoms with Crippen molar-refractivity contribution in [3.8, 4) is 5.75 Å². The van der Waals surface area contributed by atoms with Gasteiger partial charge in [-0.1, -0.05) is 18.2 Å². The number of ether oxygens (including phenoxy) is 3. The predicted octanol–water partition coefficient (Wildman–Crippen LogP) is 1.69. The molecule has 0 bridgehead atoms. The summed E-state index contributed by atoms with van der Waals surface area (Å²) in [5.41, 5.74) is 1.14. The molecule has 1 fully saturated rings. The molecule has 1 N–H and O–H groups in total. The van der Waals surface area contributed by atoms with E-state index in [1.807, 2.05) is 39.3 Å². The van der Waals surface area contributed by atoms with Gasteiger partial charge in [-0.25, -0.2) is 0 Å². The third-order valence-corrected chi connectivity index (χ3v) is 4.79. The molecule has 1 aromatic rings. The summed E-state index contributed by atoms with van der Waals surface area (Å²) in [6, 6.07) is 8.18. The lowest BCUT2D eigenvalue weighted by Gasteiger charge is -2.22. The summed E-state index contributed by atoms with van der Waals surface area (Å²) >= 11 is 0. The van der Waals surface area contributed by atoms with E-state index in [0.29, 0.717) is 32.3 Å². The molecule has 0 saturated carbocycles. The standard InChI is InChI=1S/C21H36N4O3/c1-22-21(25-10-9-18(16-25)17-27-14-13-26-4)23-15-19-7-5-6-8-20(19)28-12-11-24(2)3/h5-8,18H,9-17H2,1-4H3,(H,22,23). The summed E-state index contributed by atoms with van der Waals surface area (Å²) in [4.78, 5) is 8.89. The highest BCUT2D eigenvalue weighted by atomic mass is 16.5. The van der Waals surface area contributed by atoms with Crippen LogP contribution in [0, 0.1) is 5.92 Å². The third-order valence-electron chi connectivity index (χ3n) is 4.79. The van der Waals surface area contributed by atoms with Crippen molar-refractivity contribution in [3.05, 3.63) is 29.8 Å². The van der Waals surface area contributed by atoms with Crippen molar-refractivity contribution in [3.63, 3.8) is 0 Å². The van der Waals surface area contributed by atoms with Crippen LogP contribution >= 0.6 is 0 Å². The fraction of sp³-hybridized carbons (Fsp3) is 0.667. The maximum Gasteiger partial charge on any atom is 0.193 e. The largest absolute Gasteiger partial charge is 0.492 e. The van der Waals surface area contributed by atoms with Crippen LogP contribution in [0.5, 0.6) is 5.75 Å². The van der Waals surface area contributed by atoms with Gasteiger partial charge in [0.15, 0.2) is 5.96 Å². The van der Waals surface area contributed by atoms with Crippen molar-refractivity contribution in [2.45, 2.75) is 13.0 Å². The molecule has 0 amide bonds. The number of benzene rings is 1. The topological polar surface area (TPSA) is 58.6 Å². The minimum absolute atomic E-state index is 0.539. The van der Waals surface area contributed by atoms with Gasteiger partial charge in [0, 0.05) is 51.8 Å². The van der Waals surface area contributed by atoms with Gasteiger partial charge in [0.05, 0.1) is 19.8 Å². The van der Waals surface area contributed by atoms with Gasteiger partial charge >= 0.3 is 0 Å². The quantitative estimate of drug-likeness (QED) is 0.351. The van der Waals surface area contributed by atoms with E-state index in [0.717, 1.165) is 49.9 Å². The van der Waals surface area contributed by atoms with Crippen LogP contribution in [0.3, 0.4) is 0 Å². The van der Waals surface area contributed by atoms with Gasteiger partial charge in [0.2, 0.25) is 0 Å². The van der Waals surface area contributed by atoms with E-state index in [1.54, 1.807) is 7.11 Å². The van der Waals surface area contributed by atoms with Crippen molar-refractivity contribution in [1.29, 1.82) is 0 Å². The number of hydrogen-bond donors (Lipinski definition) is 1. The summed E-state index contributed by atoms with van der Waals surface area (Å²) in [5, 5.41) is 3.49. The van der Waals surface area contributed by atoms with Crippen molar-refractivity contribution < 1.29 is 14.2 Å². The van der Waals surface area contributed by atoms with Crippen molar-refractivity contribution in [2.24, 2.45) is 10.9 Å². The summed E-state index contributed by atoms with van der Waals surface area (Å²) in [7, 11) is 7.63. The first kappa shape index (κ1) is 22.5. The Morgan fingerprint density at radius 2 is 2.07 bits per heavy atom. The molecule has 0 radical (unpaired) electrons. The second-order valence-corrected chi connectivity index (χ2v) is 7.33. The van der Waals surface area contributed by atoms with Crippen molar-refractivity contribution >= 4 is 5.96 Å². The maximum atomic E-state index is 5.96. The van der Waals surface area contributed by atoms with Gasteiger partial charge in [-0.3, -0.25) is 4.99 Å². The summed E-state index contributed by atoms with van der Waals surface area (Å²) < 4.78 is 16.7. The maximum absolute atomic E-state index is 5.96. The monoisotopic (exact) mass is 392 g/mol. The zero-order chi connectivity index (χ0) is 20.2. The Bertz CT molecular complexity index is 595. The van der Waals surface area contributed by atoms with E-state index in [4.69, 9.17) is 14.2 Å². The molecule has 1 aliphatic heterocycles. The van der Waals surface area contributed by atoms with Gasteiger partial charge in [-0.2, -0.15) is 0 Å². The first-order valence-corrected chi connectivity index (χ1v) is 10.0. The third kappa shape index (κ3) is 7.66. The number of guanidine groups is 1. The predicted molar refractivity (Wildman–Crippen MR) is 113 cm³/mol. The highest BCUT2D eigenvalue weighted by Crippen LogP contribution is 2.19. The lowest BCUT2D eigenvalue weighted by Crippen LogP contribution is -2.40. The molecular formula is C21H36N4O3. The molecular weight excluding hydrogens is 356 g/mol. The second kappa shape index (κ2) is 12.6. The van der Waals surface area contributed by atoms with E-state index in [-0.39, 0.29) is 0 Å². The minimum atomic E-state index is 0.539. The van der Waals surface area contributed by atoms with Crippen LogP contribution in [-0.4, -0.2) is 90.1 Å². The zero-order valence-corrected chi connectivity index (χ0v) is 17.8. The van der Waals surface area contributed by atoms with E-state index in [2.05, 4.69) is 26.2 Å². The van der Waals surface area contributed by atoms with Gasteiger partial charge in [0.1, 0.15) is 12.4 Å². The zero-order valence-electron chi connectivity index (χ0n) is 17.8. The molecule has 1 aliphatic rings. The highest BCUT2D eigenvalue weighted by Gasteiger charge is 2.25. The lowest BCUT2D eigenvalue weighted by atomic mass is 10.1. The van der Waals surface area contributed by atoms with Crippen LogP contribution in [-0.2, 0) is 16.0 Å². The van der Waals surface area contributed by atoms with Gasteiger partial charge in [0.25, 0.3) is 0 Å². The van der Waals surface area contributed by atoms with E-state index in [1.165, 1.54) is 0 Å². The van der Waals surface area contributed by atoms with Crippen LogP contribution < -0.4 is 10.1 Å². The Morgan fingerprint density at radius 1 is 1.25 bits per heavy atom. The smallest absolute Gasteiger partial charge is 0.193 e. The average molecular weight is 393 g/mol. The molecule has 2 rings (SSSR count). The number of likely N-dealkylation sites (N-methyl/N-ethyl adjacent to an activating group) is 1. The molecule has 0 spiro atoms. The molecule has 0 aromatic heterocycles. The summed E-state index contributed by atoms with van der Waals surface area (Å²) in [5.74, 6) is 2.40. The molecule has 1 atom stereocenters. The molecule has 0 aliphatic carbocycles. The molecule has 1 aromatic carbocycles. The highest BCUT2D eigenvalue weighted by molar-refractivity contribution is 5.80. The fourth-order valence-corrected chi connectivity index (χ4v) is 3.19. The number of hydrogen-bond acceptors (Lipinski definition) is 5. The number of likely N-dealkylation sites (tertiary alicyclic amines) is 1. The number of rotatable bonds is 11. The Morgan fingerprint density at radius 3 is 2.82 bits per heavy atom. The Labute approximate surface area is 169 Å². The van der Waals surface area contributed by atoms with Crippen molar-refractivity contribution in [1.82, 2.24) is 15.1 Å². The molecule has 7 heteroatoms. The number of methoxy groups -OCH3 is 1. The lowest BCUT2D eigenvalue weighted by molar-refractivity contribution is 0.0536. The Balaban J connectivity index is 1.81. The molecule has 7 nitrogen and oxygen atoms in total. The number of para-hydroxylation sites is 1. The van der Waals surface area contributed by atoms with Crippen LogP contribution in [0.4, 0.5) is 0 Å². The van der Waals surface area contributed by atoms with Crippen LogP contribution in [0.2, 0.25) is 0 Å². The first-order chi connectivity index (χ1) is 13.6. The van der Waals surface area contributed by atoms with Gasteiger partial charge in [-0.05, 0) is 26.6 Å². The molecule has 1 unspecified atom stereocenters.